The van der Waals surface area contributed by atoms with Crippen molar-refractivity contribution in [2.75, 3.05) is 31.2 Å². The molecule has 0 unspecified atom stereocenters. The van der Waals surface area contributed by atoms with E-state index in [1.54, 1.807) is 25.7 Å². The number of aromatic nitrogens is 2. The van der Waals surface area contributed by atoms with Gasteiger partial charge in [-0.05, 0) is 62.2 Å². The van der Waals surface area contributed by atoms with E-state index in [2.05, 4.69) is 27.2 Å². The molecule has 3 N–H and O–H groups in total. The van der Waals surface area contributed by atoms with Crippen molar-refractivity contribution in [3.8, 4) is 29.0 Å². The summed E-state index contributed by atoms with van der Waals surface area (Å²) in [7, 11) is 1.82. The molecular formula is C25H25F2N5O2. The first-order valence-electron chi connectivity index (χ1n) is 10.5. The van der Waals surface area contributed by atoms with Gasteiger partial charge in [-0.15, -0.1) is 0 Å². The molecule has 0 aliphatic carbocycles. The topological polar surface area (TPSA) is 93.4 Å². The van der Waals surface area contributed by atoms with Gasteiger partial charge >= 0.3 is 0 Å². The third kappa shape index (κ3) is 5.59. The van der Waals surface area contributed by atoms with Crippen LogP contribution in [0.25, 0.3) is 11.3 Å². The van der Waals surface area contributed by atoms with Crippen LogP contribution < -0.4 is 15.8 Å². The Balaban J connectivity index is 1.95. The summed E-state index contributed by atoms with van der Waals surface area (Å²) in [6.07, 6.45) is 1.26. The van der Waals surface area contributed by atoms with Crippen LogP contribution in [-0.4, -0.2) is 41.0 Å². The molecule has 0 aliphatic rings. The fourth-order valence-electron chi connectivity index (χ4n) is 3.38. The Labute approximate surface area is 197 Å². The molecular weight excluding hydrogens is 440 g/mol. The van der Waals surface area contributed by atoms with Gasteiger partial charge in [0.2, 0.25) is 0 Å². The lowest BCUT2D eigenvalue weighted by Gasteiger charge is -2.18. The number of halogens is 2. The molecule has 3 rings (SSSR count). The molecule has 2 aromatic carbocycles. The van der Waals surface area contributed by atoms with Crippen molar-refractivity contribution in [2.45, 2.75) is 20.8 Å². The normalized spacial score (nSPS) is 10.3. The molecule has 1 heterocycles. The highest BCUT2D eigenvalue weighted by molar-refractivity contribution is 6.06. The van der Waals surface area contributed by atoms with Crippen LogP contribution in [0.5, 0.6) is 5.75 Å². The number of nitrogens with two attached hydrogens (primary N) is 1. The summed E-state index contributed by atoms with van der Waals surface area (Å²) in [6.45, 7) is 5.82. The van der Waals surface area contributed by atoms with Crippen molar-refractivity contribution in [2.24, 2.45) is 0 Å². The number of likely N-dealkylation sites (N-methyl/N-ethyl adjacent to an activating group) is 1. The Bertz CT molecular complexity index is 1280. The van der Waals surface area contributed by atoms with Crippen LogP contribution in [0.15, 0.2) is 36.7 Å². The van der Waals surface area contributed by atoms with Crippen molar-refractivity contribution in [1.82, 2.24) is 14.9 Å². The van der Waals surface area contributed by atoms with Gasteiger partial charge in [0.15, 0.2) is 11.6 Å². The lowest BCUT2D eigenvalue weighted by atomic mass is 10.0. The molecule has 0 bridgehead atoms. The number of nitrogen functional groups attached to an aromatic ring is 1. The SMILES string of the molecule is CC#CN(C)CCOc1c(N)ncnc1-c1cc(F)cc(NC(=O)c2ccc(F)cc2C)c1C. The summed E-state index contributed by atoms with van der Waals surface area (Å²) in [6, 6.07) is 9.22. The van der Waals surface area contributed by atoms with E-state index in [0.717, 1.165) is 0 Å². The molecule has 0 radical (unpaired) electrons. The fourth-order valence-corrected chi connectivity index (χ4v) is 3.38. The monoisotopic (exact) mass is 465 g/mol. The molecule has 0 fully saturated rings. The molecule has 0 aliphatic heterocycles. The average Bonchev–Trinajstić information content (AvgIpc) is 2.77. The first-order valence-corrected chi connectivity index (χ1v) is 10.5. The highest BCUT2D eigenvalue weighted by Gasteiger charge is 2.20. The van der Waals surface area contributed by atoms with E-state index < -0.39 is 17.5 Å². The lowest BCUT2D eigenvalue weighted by molar-refractivity contribution is 0.102. The number of aryl methyl sites for hydroxylation is 1. The minimum Gasteiger partial charge on any atom is -0.486 e. The van der Waals surface area contributed by atoms with Crippen molar-refractivity contribution in [3.05, 3.63) is 65.0 Å². The van der Waals surface area contributed by atoms with Crippen LogP contribution in [0, 0.1) is 37.4 Å². The van der Waals surface area contributed by atoms with E-state index >= 15 is 0 Å². The Morgan fingerprint density at radius 2 is 1.94 bits per heavy atom. The standard InChI is InChI=1S/C25H25F2N5O2/c1-5-8-32(4)9-10-34-23-22(29-14-30-24(23)28)20-12-18(27)13-21(16(20)3)31-25(33)19-7-6-17(26)11-15(19)2/h6-7,11-14H,9-10H2,1-4H3,(H,31,33)(H2,28,29,30). The summed E-state index contributed by atoms with van der Waals surface area (Å²) >= 11 is 0. The Kier molecular flexibility index (Phi) is 7.64. The van der Waals surface area contributed by atoms with Crippen LogP contribution in [0.1, 0.15) is 28.4 Å². The number of anilines is 2. The maximum Gasteiger partial charge on any atom is 0.255 e. The summed E-state index contributed by atoms with van der Waals surface area (Å²) in [4.78, 5) is 22.8. The second-order valence-electron chi connectivity index (χ2n) is 7.61. The molecule has 0 saturated carbocycles. The third-order valence-electron chi connectivity index (χ3n) is 5.12. The number of ether oxygens (including phenoxy) is 1. The van der Waals surface area contributed by atoms with Gasteiger partial charge < -0.3 is 20.7 Å². The first-order chi connectivity index (χ1) is 16.2. The molecule has 9 heteroatoms. The van der Waals surface area contributed by atoms with E-state index in [1.165, 1.54) is 36.7 Å². The number of rotatable bonds is 7. The molecule has 0 atom stereocenters. The van der Waals surface area contributed by atoms with Crippen molar-refractivity contribution in [3.63, 3.8) is 0 Å². The van der Waals surface area contributed by atoms with Gasteiger partial charge in [0.05, 0.1) is 6.54 Å². The van der Waals surface area contributed by atoms with Gasteiger partial charge in [-0.25, -0.2) is 18.7 Å². The van der Waals surface area contributed by atoms with E-state index in [0.29, 0.717) is 28.9 Å². The molecule has 3 aromatic rings. The Morgan fingerprint density at radius 3 is 2.65 bits per heavy atom. The van der Waals surface area contributed by atoms with Gasteiger partial charge in [0.25, 0.3) is 5.91 Å². The van der Waals surface area contributed by atoms with Crippen LogP contribution in [0.4, 0.5) is 20.3 Å². The van der Waals surface area contributed by atoms with Gasteiger partial charge in [0.1, 0.15) is 30.3 Å². The summed E-state index contributed by atoms with van der Waals surface area (Å²) in [5.74, 6) is 1.58. The zero-order chi connectivity index (χ0) is 24.8. The largest absolute Gasteiger partial charge is 0.486 e. The van der Waals surface area contributed by atoms with Crippen LogP contribution in [0.2, 0.25) is 0 Å². The van der Waals surface area contributed by atoms with E-state index in [4.69, 9.17) is 10.5 Å². The fraction of sp³-hybridized carbons (Fsp3) is 0.240. The van der Waals surface area contributed by atoms with E-state index in [9.17, 15) is 13.6 Å². The molecule has 0 spiro atoms. The zero-order valence-electron chi connectivity index (χ0n) is 19.4. The maximum absolute atomic E-state index is 14.6. The highest BCUT2D eigenvalue weighted by Crippen LogP contribution is 2.36. The Morgan fingerprint density at radius 1 is 1.18 bits per heavy atom. The van der Waals surface area contributed by atoms with Gasteiger partial charge in [-0.2, -0.15) is 0 Å². The van der Waals surface area contributed by atoms with E-state index in [-0.39, 0.29) is 29.4 Å². The van der Waals surface area contributed by atoms with E-state index in [1.807, 2.05) is 7.05 Å². The number of carbonyl (C=O) groups excluding carboxylic acids is 1. The summed E-state index contributed by atoms with van der Waals surface area (Å²) in [5.41, 5.74) is 8.24. The molecule has 176 valence electrons. The van der Waals surface area contributed by atoms with Crippen molar-refractivity contribution >= 4 is 17.4 Å². The molecule has 1 amide bonds. The second kappa shape index (κ2) is 10.6. The van der Waals surface area contributed by atoms with Gasteiger partial charge in [-0.1, -0.05) is 5.92 Å². The number of hydrogen-bond donors (Lipinski definition) is 2. The zero-order valence-corrected chi connectivity index (χ0v) is 19.4. The van der Waals surface area contributed by atoms with Crippen LogP contribution >= 0.6 is 0 Å². The summed E-state index contributed by atoms with van der Waals surface area (Å²) in [5, 5.41) is 2.71. The molecule has 0 saturated heterocycles. The minimum atomic E-state index is -0.590. The van der Waals surface area contributed by atoms with Crippen molar-refractivity contribution < 1.29 is 18.3 Å². The molecule has 1 aromatic heterocycles. The van der Waals surface area contributed by atoms with Gasteiger partial charge in [-0.3, -0.25) is 4.79 Å². The second-order valence-corrected chi connectivity index (χ2v) is 7.61. The van der Waals surface area contributed by atoms with Gasteiger partial charge in [0, 0.05) is 29.9 Å². The summed E-state index contributed by atoms with van der Waals surface area (Å²) < 4.78 is 33.9. The quantitative estimate of drug-likeness (QED) is 0.402. The third-order valence-corrected chi connectivity index (χ3v) is 5.12. The number of hydrogen-bond acceptors (Lipinski definition) is 6. The molecule has 34 heavy (non-hydrogen) atoms. The minimum absolute atomic E-state index is 0.102. The number of amides is 1. The van der Waals surface area contributed by atoms with Crippen LogP contribution in [-0.2, 0) is 0 Å². The number of nitrogens with zero attached hydrogens (tertiary/aromatic N) is 3. The van der Waals surface area contributed by atoms with Crippen molar-refractivity contribution in [1.29, 1.82) is 0 Å². The first kappa shape index (κ1) is 24.5. The predicted molar refractivity (Wildman–Crippen MR) is 127 cm³/mol. The predicted octanol–water partition coefficient (Wildman–Crippen LogP) is 4.16. The Hall–Kier alpha value is -4.19. The smallest absolute Gasteiger partial charge is 0.255 e. The average molecular weight is 466 g/mol. The lowest BCUT2D eigenvalue weighted by Crippen LogP contribution is -2.20. The highest BCUT2D eigenvalue weighted by atomic mass is 19.1. The molecule has 7 nitrogen and oxygen atoms in total. The number of carbonyl (C=O) groups is 1. The number of nitrogens with one attached hydrogen (secondary N) is 1. The maximum atomic E-state index is 14.6. The van der Waals surface area contributed by atoms with Crippen LogP contribution in [0.3, 0.4) is 0 Å². The number of benzene rings is 2.